The quantitative estimate of drug-likeness (QED) is 0.800. The van der Waals surface area contributed by atoms with Gasteiger partial charge in [-0.25, -0.2) is 4.79 Å². The summed E-state index contributed by atoms with van der Waals surface area (Å²) in [5, 5.41) is 8.19. The van der Waals surface area contributed by atoms with Crippen molar-refractivity contribution in [3.63, 3.8) is 0 Å². The fourth-order valence-corrected chi connectivity index (χ4v) is 2.59. The Kier molecular flexibility index (Phi) is 4.65. The minimum Gasteiger partial charge on any atom is -0.336 e. The number of anilines is 3. The van der Waals surface area contributed by atoms with Gasteiger partial charge in [-0.3, -0.25) is 14.5 Å². The Balaban J connectivity index is 1.69. The molecule has 1 heterocycles. The van der Waals surface area contributed by atoms with E-state index in [9.17, 15) is 14.4 Å². The summed E-state index contributed by atoms with van der Waals surface area (Å²) in [6.07, 6.45) is 0. The van der Waals surface area contributed by atoms with Gasteiger partial charge in [-0.1, -0.05) is 6.07 Å². The second kappa shape index (κ2) is 7.04. The maximum absolute atomic E-state index is 12.4. The largest absolute Gasteiger partial charge is 0.336 e. The minimum atomic E-state index is -0.266. The van der Waals surface area contributed by atoms with Crippen LogP contribution in [0.15, 0.2) is 48.5 Å². The van der Waals surface area contributed by atoms with Gasteiger partial charge in [-0.05, 0) is 42.5 Å². The number of carbonyl (C=O) groups is 3. The smallest absolute Gasteiger partial charge is 0.321 e. The summed E-state index contributed by atoms with van der Waals surface area (Å²) in [6.45, 7) is 2.65. The Hall–Kier alpha value is -3.35. The second-order valence-corrected chi connectivity index (χ2v) is 5.65. The molecule has 7 nitrogen and oxygen atoms in total. The molecule has 3 rings (SSSR count). The van der Waals surface area contributed by atoms with E-state index in [0.717, 1.165) is 5.69 Å². The highest BCUT2D eigenvalue weighted by atomic mass is 16.2. The summed E-state index contributed by atoms with van der Waals surface area (Å²) in [5.74, 6) is -0.442. The van der Waals surface area contributed by atoms with Crippen LogP contribution in [-0.4, -0.2) is 30.9 Å². The van der Waals surface area contributed by atoms with E-state index in [1.807, 2.05) is 0 Å². The SMILES string of the molecule is CC(=O)Nc1cccc(NC(=O)c2ccc(N3CCNC3=O)cc2)c1. The summed E-state index contributed by atoms with van der Waals surface area (Å²) >= 11 is 0. The van der Waals surface area contributed by atoms with Gasteiger partial charge in [-0.2, -0.15) is 0 Å². The van der Waals surface area contributed by atoms with Gasteiger partial charge in [0.2, 0.25) is 5.91 Å². The molecule has 1 fully saturated rings. The molecule has 2 aromatic carbocycles. The fraction of sp³-hybridized carbons (Fsp3) is 0.167. The van der Waals surface area contributed by atoms with E-state index in [1.165, 1.54) is 6.92 Å². The van der Waals surface area contributed by atoms with Crippen molar-refractivity contribution in [3.8, 4) is 0 Å². The Bertz CT molecular complexity index is 817. The first kappa shape index (κ1) is 16.5. The second-order valence-electron chi connectivity index (χ2n) is 5.65. The lowest BCUT2D eigenvalue weighted by Crippen LogP contribution is -2.27. The van der Waals surface area contributed by atoms with Crippen LogP contribution in [-0.2, 0) is 4.79 Å². The van der Waals surface area contributed by atoms with Gasteiger partial charge in [-0.15, -0.1) is 0 Å². The first-order chi connectivity index (χ1) is 12.0. The number of amides is 4. The van der Waals surface area contributed by atoms with Crippen LogP contribution in [0.25, 0.3) is 0 Å². The van der Waals surface area contributed by atoms with Crippen LogP contribution < -0.4 is 20.9 Å². The number of hydrogen-bond donors (Lipinski definition) is 3. The summed E-state index contributed by atoms with van der Waals surface area (Å²) in [5.41, 5.74) is 2.42. The molecular weight excluding hydrogens is 320 g/mol. The van der Waals surface area contributed by atoms with Crippen molar-refractivity contribution in [1.82, 2.24) is 5.32 Å². The highest BCUT2D eigenvalue weighted by Gasteiger charge is 2.21. The van der Waals surface area contributed by atoms with Crippen LogP contribution in [0.4, 0.5) is 21.9 Å². The molecule has 0 unspecified atom stereocenters. The molecule has 1 saturated heterocycles. The van der Waals surface area contributed by atoms with Crippen molar-refractivity contribution in [2.24, 2.45) is 0 Å². The number of benzene rings is 2. The van der Waals surface area contributed by atoms with E-state index in [-0.39, 0.29) is 17.8 Å². The molecule has 0 radical (unpaired) electrons. The molecule has 1 aliphatic rings. The average Bonchev–Trinajstić information content (AvgIpc) is 3.01. The Labute approximate surface area is 145 Å². The lowest BCUT2D eigenvalue weighted by atomic mass is 10.1. The standard InChI is InChI=1S/C18H18N4O3/c1-12(23)20-14-3-2-4-15(11-14)21-17(24)13-5-7-16(8-6-13)22-10-9-19-18(22)25/h2-8,11H,9-10H2,1H3,(H,19,25)(H,20,23)(H,21,24). The zero-order valence-electron chi connectivity index (χ0n) is 13.7. The maximum atomic E-state index is 12.4. The van der Waals surface area contributed by atoms with Gasteiger partial charge in [0.15, 0.2) is 0 Å². The van der Waals surface area contributed by atoms with Gasteiger partial charge in [0, 0.05) is 42.6 Å². The predicted octanol–water partition coefficient (Wildman–Crippen LogP) is 2.43. The summed E-state index contributed by atoms with van der Waals surface area (Å²) in [4.78, 5) is 36.7. The van der Waals surface area contributed by atoms with Crippen LogP contribution in [0.5, 0.6) is 0 Å². The predicted molar refractivity (Wildman–Crippen MR) is 95.9 cm³/mol. The number of hydrogen-bond acceptors (Lipinski definition) is 3. The van der Waals surface area contributed by atoms with Crippen LogP contribution in [0.2, 0.25) is 0 Å². The molecule has 0 spiro atoms. The monoisotopic (exact) mass is 338 g/mol. The minimum absolute atomic E-state index is 0.132. The van der Waals surface area contributed by atoms with E-state index >= 15 is 0 Å². The highest BCUT2D eigenvalue weighted by Crippen LogP contribution is 2.19. The lowest BCUT2D eigenvalue weighted by molar-refractivity contribution is -0.114. The van der Waals surface area contributed by atoms with E-state index in [1.54, 1.807) is 53.4 Å². The Morgan fingerprint density at radius 2 is 1.72 bits per heavy atom. The molecular formula is C18H18N4O3. The molecule has 3 N–H and O–H groups in total. The van der Waals surface area contributed by atoms with Crippen LogP contribution >= 0.6 is 0 Å². The molecule has 2 aromatic rings. The van der Waals surface area contributed by atoms with Gasteiger partial charge < -0.3 is 16.0 Å². The Morgan fingerprint density at radius 1 is 1.04 bits per heavy atom. The molecule has 0 aromatic heterocycles. The van der Waals surface area contributed by atoms with Crippen LogP contribution in [0.3, 0.4) is 0 Å². The van der Waals surface area contributed by atoms with Crippen LogP contribution in [0, 0.1) is 0 Å². The molecule has 0 saturated carbocycles. The van der Waals surface area contributed by atoms with Gasteiger partial charge in [0.1, 0.15) is 0 Å². The highest BCUT2D eigenvalue weighted by molar-refractivity contribution is 6.05. The van der Waals surface area contributed by atoms with Gasteiger partial charge in [0.25, 0.3) is 5.91 Å². The molecule has 1 aliphatic heterocycles. The van der Waals surface area contributed by atoms with E-state index in [2.05, 4.69) is 16.0 Å². The van der Waals surface area contributed by atoms with E-state index < -0.39 is 0 Å². The van der Waals surface area contributed by atoms with Crippen molar-refractivity contribution in [1.29, 1.82) is 0 Å². The summed E-state index contributed by atoms with van der Waals surface area (Å²) < 4.78 is 0. The van der Waals surface area contributed by atoms with E-state index in [0.29, 0.717) is 30.0 Å². The normalized spacial score (nSPS) is 13.3. The maximum Gasteiger partial charge on any atom is 0.321 e. The molecule has 0 aliphatic carbocycles. The van der Waals surface area contributed by atoms with Gasteiger partial charge >= 0.3 is 6.03 Å². The summed E-state index contributed by atoms with van der Waals surface area (Å²) in [6, 6.07) is 13.6. The van der Waals surface area contributed by atoms with Crippen molar-refractivity contribution >= 4 is 34.9 Å². The third-order valence-electron chi connectivity index (χ3n) is 3.74. The first-order valence-corrected chi connectivity index (χ1v) is 7.87. The summed E-state index contributed by atoms with van der Waals surface area (Å²) in [7, 11) is 0. The van der Waals surface area contributed by atoms with Crippen molar-refractivity contribution in [2.75, 3.05) is 28.6 Å². The average molecular weight is 338 g/mol. The Morgan fingerprint density at radius 3 is 2.32 bits per heavy atom. The third kappa shape index (κ3) is 3.95. The van der Waals surface area contributed by atoms with Crippen molar-refractivity contribution < 1.29 is 14.4 Å². The molecule has 7 heteroatoms. The van der Waals surface area contributed by atoms with Crippen molar-refractivity contribution in [2.45, 2.75) is 6.92 Å². The zero-order valence-corrected chi connectivity index (χ0v) is 13.7. The number of nitrogens with one attached hydrogen (secondary N) is 3. The number of carbonyl (C=O) groups excluding carboxylic acids is 3. The molecule has 0 atom stereocenters. The van der Waals surface area contributed by atoms with Gasteiger partial charge in [0.05, 0.1) is 0 Å². The lowest BCUT2D eigenvalue weighted by Gasteiger charge is -2.14. The van der Waals surface area contributed by atoms with Crippen molar-refractivity contribution in [3.05, 3.63) is 54.1 Å². The number of nitrogens with zero attached hydrogens (tertiary/aromatic N) is 1. The number of urea groups is 1. The van der Waals surface area contributed by atoms with E-state index in [4.69, 9.17) is 0 Å². The zero-order chi connectivity index (χ0) is 17.8. The molecule has 4 amide bonds. The molecule has 25 heavy (non-hydrogen) atoms. The first-order valence-electron chi connectivity index (χ1n) is 7.87. The number of rotatable bonds is 4. The topological polar surface area (TPSA) is 90.5 Å². The third-order valence-corrected chi connectivity index (χ3v) is 3.74. The van der Waals surface area contributed by atoms with Crippen LogP contribution in [0.1, 0.15) is 17.3 Å². The molecule has 128 valence electrons. The molecule has 0 bridgehead atoms. The fourth-order valence-electron chi connectivity index (χ4n) is 2.59.